The Balaban J connectivity index is 1.54. The zero-order valence-corrected chi connectivity index (χ0v) is 17.8. The molecule has 8 heteroatoms. The van der Waals surface area contributed by atoms with Crippen molar-refractivity contribution in [3.8, 4) is 28.5 Å². The van der Waals surface area contributed by atoms with E-state index in [0.717, 1.165) is 42.6 Å². The fourth-order valence-electron chi connectivity index (χ4n) is 4.04. The first-order valence-corrected chi connectivity index (χ1v) is 10.6. The maximum atomic E-state index is 6.19. The van der Waals surface area contributed by atoms with Gasteiger partial charge in [0.25, 0.3) is 0 Å². The van der Waals surface area contributed by atoms with Crippen molar-refractivity contribution in [1.29, 1.82) is 0 Å². The van der Waals surface area contributed by atoms with Gasteiger partial charge in [0.1, 0.15) is 11.3 Å². The third-order valence-corrected chi connectivity index (χ3v) is 5.80. The average molecular weight is 419 g/mol. The van der Waals surface area contributed by atoms with Crippen molar-refractivity contribution in [1.82, 2.24) is 24.6 Å². The molecular weight excluding hydrogens is 392 g/mol. The highest BCUT2D eigenvalue weighted by Gasteiger charge is 2.23. The SMILES string of the molecule is CCOc1nn(C2CCN(C)CC2)cc1-c1cnc(N)c(-c2nc3ccccc3o2)c1. The van der Waals surface area contributed by atoms with E-state index in [0.29, 0.717) is 41.4 Å². The lowest BCUT2D eigenvalue weighted by atomic mass is 10.1. The highest BCUT2D eigenvalue weighted by atomic mass is 16.5. The predicted molar refractivity (Wildman–Crippen MR) is 120 cm³/mol. The fourth-order valence-corrected chi connectivity index (χ4v) is 4.04. The Kier molecular flexibility index (Phi) is 5.07. The van der Waals surface area contributed by atoms with Crippen LogP contribution in [0.3, 0.4) is 0 Å². The summed E-state index contributed by atoms with van der Waals surface area (Å²) in [6, 6.07) is 9.96. The molecule has 0 radical (unpaired) electrons. The number of nitrogens with zero attached hydrogens (tertiary/aromatic N) is 5. The van der Waals surface area contributed by atoms with E-state index in [1.54, 1.807) is 6.20 Å². The summed E-state index contributed by atoms with van der Waals surface area (Å²) in [5.41, 5.74) is 10.1. The molecule has 0 aliphatic carbocycles. The van der Waals surface area contributed by atoms with E-state index in [-0.39, 0.29) is 0 Å². The van der Waals surface area contributed by atoms with Crippen LogP contribution >= 0.6 is 0 Å². The molecule has 1 aliphatic heterocycles. The van der Waals surface area contributed by atoms with Crippen LogP contribution < -0.4 is 10.5 Å². The Morgan fingerprint density at radius 3 is 2.77 bits per heavy atom. The molecule has 4 aromatic rings. The largest absolute Gasteiger partial charge is 0.476 e. The number of para-hydroxylation sites is 2. The number of piperidine rings is 1. The number of aromatic nitrogens is 4. The van der Waals surface area contributed by atoms with Crippen molar-refractivity contribution < 1.29 is 9.15 Å². The van der Waals surface area contributed by atoms with E-state index < -0.39 is 0 Å². The van der Waals surface area contributed by atoms with Crippen LogP contribution in [-0.4, -0.2) is 51.4 Å². The smallest absolute Gasteiger partial charge is 0.240 e. The van der Waals surface area contributed by atoms with Gasteiger partial charge in [0.15, 0.2) is 5.58 Å². The third-order valence-electron chi connectivity index (χ3n) is 5.80. The molecule has 0 atom stereocenters. The number of ether oxygens (including phenoxy) is 1. The van der Waals surface area contributed by atoms with E-state index in [1.165, 1.54) is 0 Å². The van der Waals surface area contributed by atoms with Gasteiger partial charge < -0.3 is 19.8 Å². The van der Waals surface area contributed by atoms with E-state index in [9.17, 15) is 0 Å². The zero-order chi connectivity index (χ0) is 21.4. The average Bonchev–Trinajstić information content (AvgIpc) is 3.39. The van der Waals surface area contributed by atoms with Crippen molar-refractivity contribution in [3.63, 3.8) is 0 Å². The Hall–Kier alpha value is -3.39. The molecule has 1 aliphatic rings. The zero-order valence-electron chi connectivity index (χ0n) is 17.8. The minimum atomic E-state index is 0.363. The third kappa shape index (κ3) is 3.74. The van der Waals surface area contributed by atoms with E-state index in [1.807, 2.05) is 41.9 Å². The lowest BCUT2D eigenvalue weighted by Gasteiger charge is -2.28. The Morgan fingerprint density at radius 2 is 2.00 bits per heavy atom. The van der Waals surface area contributed by atoms with Gasteiger partial charge in [0, 0.05) is 18.0 Å². The highest BCUT2D eigenvalue weighted by molar-refractivity contribution is 5.81. The summed E-state index contributed by atoms with van der Waals surface area (Å²) < 4.78 is 13.8. The summed E-state index contributed by atoms with van der Waals surface area (Å²) in [5, 5.41) is 4.76. The Morgan fingerprint density at radius 1 is 1.19 bits per heavy atom. The summed E-state index contributed by atoms with van der Waals surface area (Å²) in [6.45, 7) is 4.63. The monoisotopic (exact) mass is 418 g/mol. The summed E-state index contributed by atoms with van der Waals surface area (Å²) >= 11 is 0. The van der Waals surface area contributed by atoms with Gasteiger partial charge in [-0.1, -0.05) is 12.1 Å². The Bertz CT molecular complexity index is 1170. The maximum Gasteiger partial charge on any atom is 0.240 e. The fraction of sp³-hybridized carbons (Fsp3) is 0.348. The van der Waals surface area contributed by atoms with Crippen molar-refractivity contribution in [3.05, 3.63) is 42.7 Å². The molecule has 1 aromatic carbocycles. The number of nitrogen functional groups attached to an aromatic ring is 1. The number of fused-ring (bicyclic) bond motifs is 1. The Labute approximate surface area is 180 Å². The number of benzene rings is 1. The lowest BCUT2D eigenvalue weighted by molar-refractivity contribution is 0.209. The molecule has 0 saturated carbocycles. The quantitative estimate of drug-likeness (QED) is 0.523. The van der Waals surface area contributed by atoms with Gasteiger partial charge in [-0.15, -0.1) is 5.10 Å². The molecule has 2 N–H and O–H groups in total. The number of nitrogens with two attached hydrogens (primary N) is 1. The van der Waals surface area contributed by atoms with Crippen LogP contribution in [-0.2, 0) is 0 Å². The summed E-state index contributed by atoms with van der Waals surface area (Å²) in [4.78, 5) is 11.3. The number of hydrogen-bond donors (Lipinski definition) is 1. The molecule has 0 bridgehead atoms. The molecule has 5 rings (SSSR count). The van der Waals surface area contributed by atoms with Gasteiger partial charge in [-0.3, -0.25) is 4.68 Å². The topological polar surface area (TPSA) is 95.2 Å². The predicted octanol–water partition coefficient (Wildman–Crippen LogP) is 4.00. The van der Waals surface area contributed by atoms with Crippen LogP contribution in [0.25, 0.3) is 33.7 Å². The number of likely N-dealkylation sites (tertiary alicyclic amines) is 1. The molecule has 31 heavy (non-hydrogen) atoms. The van der Waals surface area contributed by atoms with Crippen molar-refractivity contribution in [2.45, 2.75) is 25.8 Å². The van der Waals surface area contributed by atoms with Gasteiger partial charge >= 0.3 is 0 Å². The molecule has 3 aromatic heterocycles. The number of rotatable bonds is 5. The first kappa shape index (κ1) is 19.6. The lowest BCUT2D eigenvalue weighted by Crippen LogP contribution is -2.31. The molecule has 0 unspecified atom stereocenters. The first-order chi connectivity index (χ1) is 15.1. The normalized spacial score (nSPS) is 15.5. The maximum absolute atomic E-state index is 6.19. The van der Waals surface area contributed by atoms with Gasteiger partial charge in [-0.2, -0.15) is 0 Å². The molecule has 1 saturated heterocycles. The molecule has 0 spiro atoms. The summed E-state index contributed by atoms with van der Waals surface area (Å²) in [6.07, 6.45) is 5.94. The first-order valence-electron chi connectivity index (χ1n) is 10.6. The second-order valence-corrected chi connectivity index (χ2v) is 7.94. The molecular formula is C23H26N6O2. The molecule has 0 amide bonds. The van der Waals surface area contributed by atoms with E-state index >= 15 is 0 Å². The molecule has 8 nitrogen and oxygen atoms in total. The molecule has 1 fully saturated rings. The van der Waals surface area contributed by atoms with Crippen LogP contribution in [0.2, 0.25) is 0 Å². The van der Waals surface area contributed by atoms with Crippen LogP contribution in [0.4, 0.5) is 5.82 Å². The van der Waals surface area contributed by atoms with Crippen LogP contribution in [0.15, 0.2) is 47.1 Å². The second kappa shape index (κ2) is 8.03. The van der Waals surface area contributed by atoms with Gasteiger partial charge in [-0.05, 0) is 58.1 Å². The number of pyridine rings is 1. The summed E-state index contributed by atoms with van der Waals surface area (Å²) in [5.74, 6) is 1.43. The number of anilines is 1. The molecule has 160 valence electrons. The van der Waals surface area contributed by atoms with E-state index in [2.05, 4.69) is 28.1 Å². The van der Waals surface area contributed by atoms with Crippen LogP contribution in [0.5, 0.6) is 5.88 Å². The van der Waals surface area contributed by atoms with Crippen LogP contribution in [0.1, 0.15) is 25.8 Å². The van der Waals surface area contributed by atoms with Crippen molar-refractivity contribution in [2.24, 2.45) is 0 Å². The standard InChI is InChI=1S/C23H26N6O2/c1-3-30-23-18(14-29(27-23)16-8-10-28(2)11-9-16)15-12-17(21(24)25-13-15)22-26-19-6-4-5-7-20(19)31-22/h4-7,12-14,16H,3,8-11H2,1-2H3,(H2,24,25). The molecule has 4 heterocycles. The number of oxazole rings is 1. The second-order valence-electron chi connectivity index (χ2n) is 7.94. The minimum Gasteiger partial charge on any atom is -0.476 e. The van der Waals surface area contributed by atoms with Crippen molar-refractivity contribution >= 4 is 16.9 Å². The van der Waals surface area contributed by atoms with Gasteiger partial charge in [0.2, 0.25) is 11.8 Å². The number of hydrogen-bond acceptors (Lipinski definition) is 7. The minimum absolute atomic E-state index is 0.363. The highest BCUT2D eigenvalue weighted by Crippen LogP contribution is 2.36. The van der Waals surface area contributed by atoms with Crippen molar-refractivity contribution in [2.75, 3.05) is 32.5 Å². The van der Waals surface area contributed by atoms with Crippen LogP contribution in [0, 0.1) is 0 Å². The van der Waals surface area contributed by atoms with Gasteiger partial charge in [-0.25, -0.2) is 9.97 Å². The van der Waals surface area contributed by atoms with E-state index in [4.69, 9.17) is 20.0 Å². The van der Waals surface area contributed by atoms with Gasteiger partial charge in [0.05, 0.1) is 23.8 Å². The summed E-state index contributed by atoms with van der Waals surface area (Å²) in [7, 11) is 2.16.